The highest BCUT2D eigenvalue weighted by molar-refractivity contribution is 7.26. The summed E-state index contributed by atoms with van der Waals surface area (Å²) in [6.45, 7) is 30.4. The first-order valence-electron chi connectivity index (χ1n) is 20.1. The molecule has 4 aromatic carbocycles. The minimum Gasteiger partial charge on any atom is -0.296 e. The fraction of sp³-hybridized carbons (Fsp3) is 0.388. The number of fused-ring (bicyclic) bond motifs is 7. The van der Waals surface area contributed by atoms with Crippen molar-refractivity contribution in [1.82, 2.24) is 9.97 Å². The summed E-state index contributed by atoms with van der Waals surface area (Å²) in [5, 5.41) is 2.59. The first-order valence-corrected chi connectivity index (χ1v) is 20.9. The third-order valence-electron chi connectivity index (χ3n) is 12.7. The first kappa shape index (κ1) is 36.2. The van der Waals surface area contributed by atoms with E-state index in [1.54, 1.807) is 6.33 Å². The van der Waals surface area contributed by atoms with Crippen molar-refractivity contribution in [2.75, 3.05) is 9.80 Å². The molecule has 0 N–H and O–H groups in total. The van der Waals surface area contributed by atoms with Crippen molar-refractivity contribution < 1.29 is 0 Å². The highest BCUT2D eigenvalue weighted by Gasteiger charge is 2.48. The van der Waals surface area contributed by atoms with Gasteiger partial charge in [-0.15, -0.1) is 11.3 Å². The van der Waals surface area contributed by atoms with Crippen LogP contribution in [0, 0.1) is 0 Å². The van der Waals surface area contributed by atoms with E-state index in [2.05, 4.69) is 179 Å². The van der Waals surface area contributed by atoms with E-state index >= 15 is 0 Å². The normalized spacial score (nSPS) is 16.9. The van der Waals surface area contributed by atoms with Gasteiger partial charge in [-0.2, -0.15) is 0 Å². The van der Waals surface area contributed by atoms with Gasteiger partial charge in [0.25, 0.3) is 6.71 Å². The lowest BCUT2D eigenvalue weighted by molar-refractivity contribution is 0.403. The zero-order chi connectivity index (χ0) is 39.2. The van der Waals surface area contributed by atoms with Crippen LogP contribution >= 0.6 is 11.3 Å². The standard InChI is InChI=1S/C49H55BN4S/c1-45(2,3)29-14-18-32(19-15-29)53-38-22-16-31(47(7,8)9)25-37(38)50-40-34-24-30(46(4,5)6)17-23-39(34)55-44(40)54(43-41(50)42(53)51-28-52-43)33-20-21-35-36(26-33)49(12,13)27-48(35,10)11/h14-26,28H,27H2,1-13H3. The van der Waals surface area contributed by atoms with Gasteiger partial charge in [0.1, 0.15) is 18.0 Å². The molecule has 0 unspecified atom stereocenters. The Morgan fingerprint density at radius 1 is 0.582 bits per heavy atom. The lowest BCUT2D eigenvalue weighted by Crippen LogP contribution is -2.61. The molecule has 0 bridgehead atoms. The van der Waals surface area contributed by atoms with E-state index in [0.29, 0.717) is 0 Å². The molecule has 0 spiro atoms. The molecule has 0 amide bonds. The van der Waals surface area contributed by atoms with Gasteiger partial charge >= 0.3 is 0 Å². The molecule has 9 rings (SSSR count). The van der Waals surface area contributed by atoms with Gasteiger partial charge in [-0.05, 0) is 114 Å². The van der Waals surface area contributed by atoms with E-state index in [1.807, 2.05) is 11.3 Å². The lowest BCUT2D eigenvalue weighted by atomic mass is 9.34. The number of rotatable bonds is 2. The third-order valence-corrected chi connectivity index (χ3v) is 13.8. The van der Waals surface area contributed by atoms with Crippen molar-refractivity contribution in [3.63, 3.8) is 0 Å². The molecular formula is C49H55BN4S. The molecule has 3 aliphatic rings. The fourth-order valence-corrected chi connectivity index (χ4v) is 11.1. The van der Waals surface area contributed by atoms with Crippen LogP contribution in [0.3, 0.4) is 0 Å². The predicted octanol–water partition coefficient (Wildman–Crippen LogP) is 11.6. The monoisotopic (exact) mass is 742 g/mol. The summed E-state index contributed by atoms with van der Waals surface area (Å²) in [6.07, 6.45) is 2.92. The Balaban J connectivity index is 1.38. The van der Waals surface area contributed by atoms with Gasteiger partial charge < -0.3 is 0 Å². The van der Waals surface area contributed by atoms with E-state index < -0.39 is 0 Å². The SMILES string of the molecule is CC(C)(C)c1ccc(N2c3ccc(C(C)(C)C)cc3B3c4c2ncnc4N(c2ccc4c(c2)C(C)(C)CC4(C)C)c2sc4ccc(C(C)(C)C)cc4c23)cc1. The zero-order valence-electron chi connectivity index (χ0n) is 35.1. The molecule has 0 atom stereocenters. The van der Waals surface area contributed by atoms with Crippen molar-refractivity contribution in [2.24, 2.45) is 0 Å². The Bertz CT molecular complexity index is 2540. The quantitative estimate of drug-likeness (QED) is 0.165. The Morgan fingerprint density at radius 2 is 1.15 bits per heavy atom. The average molecular weight is 743 g/mol. The summed E-state index contributed by atoms with van der Waals surface area (Å²) < 4.78 is 1.31. The molecule has 6 aromatic rings. The van der Waals surface area contributed by atoms with Gasteiger partial charge in [0.05, 0.1) is 5.00 Å². The maximum Gasteiger partial charge on any atom is 0.258 e. The minimum absolute atomic E-state index is 0.0157. The van der Waals surface area contributed by atoms with Crippen LogP contribution < -0.4 is 26.2 Å². The minimum atomic E-state index is -0.0337. The van der Waals surface area contributed by atoms with Crippen LogP contribution in [0.25, 0.3) is 10.1 Å². The molecule has 4 heterocycles. The Morgan fingerprint density at radius 3 is 1.80 bits per heavy atom. The summed E-state index contributed by atoms with van der Waals surface area (Å²) >= 11 is 1.90. The summed E-state index contributed by atoms with van der Waals surface area (Å²) in [6, 6.07) is 30.7. The molecule has 0 saturated carbocycles. The van der Waals surface area contributed by atoms with E-state index in [4.69, 9.17) is 9.97 Å². The van der Waals surface area contributed by atoms with Crippen LogP contribution in [0.2, 0.25) is 0 Å². The Labute approximate surface area is 333 Å². The van der Waals surface area contributed by atoms with Crippen molar-refractivity contribution >= 4 is 78.2 Å². The summed E-state index contributed by atoms with van der Waals surface area (Å²) in [5.74, 6) is 1.93. The van der Waals surface area contributed by atoms with Gasteiger partial charge in [0.2, 0.25) is 0 Å². The van der Waals surface area contributed by atoms with Crippen molar-refractivity contribution in [3.8, 4) is 0 Å². The Hall–Kier alpha value is -4.42. The smallest absolute Gasteiger partial charge is 0.258 e. The topological polar surface area (TPSA) is 32.3 Å². The van der Waals surface area contributed by atoms with Crippen molar-refractivity contribution in [2.45, 2.75) is 124 Å². The second-order valence-electron chi connectivity index (χ2n) is 20.8. The summed E-state index contributed by atoms with van der Waals surface area (Å²) in [4.78, 5) is 15.4. The van der Waals surface area contributed by atoms with Gasteiger partial charge in [-0.3, -0.25) is 9.80 Å². The van der Waals surface area contributed by atoms with Crippen LogP contribution in [0.5, 0.6) is 0 Å². The van der Waals surface area contributed by atoms with Crippen LogP contribution in [0.15, 0.2) is 85.2 Å². The molecule has 280 valence electrons. The molecule has 2 aliphatic heterocycles. The van der Waals surface area contributed by atoms with Crippen LogP contribution in [-0.2, 0) is 27.1 Å². The van der Waals surface area contributed by atoms with Gasteiger partial charge in [0.15, 0.2) is 0 Å². The highest BCUT2D eigenvalue weighted by Crippen LogP contribution is 2.53. The molecule has 55 heavy (non-hydrogen) atoms. The molecular weight excluding hydrogens is 687 g/mol. The van der Waals surface area contributed by atoms with E-state index in [-0.39, 0.29) is 33.8 Å². The summed E-state index contributed by atoms with van der Waals surface area (Å²) in [7, 11) is 0. The maximum absolute atomic E-state index is 5.27. The number of hydrogen-bond donors (Lipinski definition) is 0. The number of benzene rings is 4. The number of hydrogen-bond acceptors (Lipinski definition) is 5. The summed E-state index contributed by atoms with van der Waals surface area (Å²) in [5.41, 5.74) is 14.5. The lowest BCUT2D eigenvalue weighted by Gasteiger charge is -2.42. The third kappa shape index (κ3) is 5.52. The van der Waals surface area contributed by atoms with Gasteiger partial charge in [-0.1, -0.05) is 132 Å². The number of nitrogens with zero attached hydrogens (tertiary/aromatic N) is 4. The Kier molecular flexibility index (Phi) is 7.62. The van der Waals surface area contributed by atoms with E-state index in [0.717, 1.165) is 23.7 Å². The van der Waals surface area contributed by atoms with Crippen LogP contribution in [-0.4, -0.2) is 16.7 Å². The maximum atomic E-state index is 5.27. The molecule has 0 saturated heterocycles. The molecule has 4 nitrogen and oxygen atoms in total. The molecule has 6 heteroatoms. The fourth-order valence-electron chi connectivity index (χ4n) is 9.86. The van der Waals surface area contributed by atoms with Crippen molar-refractivity contribution in [3.05, 3.63) is 113 Å². The molecule has 0 fully saturated rings. The van der Waals surface area contributed by atoms with E-state index in [1.165, 1.54) is 70.7 Å². The zero-order valence-corrected chi connectivity index (χ0v) is 35.9. The average Bonchev–Trinajstić information content (AvgIpc) is 3.56. The van der Waals surface area contributed by atoms with Crippen LogP contribution in [0.1, 0.15) is 124 Å². The number of thiophene rings is 1. The molecule has 0 radical (unpaired) electrons. The van der Waals surface area contributed by atoms with Gasteiger partial charge in [0, 0.05) is 27.2 Å². The van der Waals surface area contributed by atoms with Gasteiger partial charge in [-0.25, -0.2) is 9.97 Å². The molecule has 2 aromatic heterocycles. The largest absolute Gasteiger partial charge is 0.296 e. The molecule has 1 aliphatic carbocycles. The predicted molar refractivity (Wildman–Crippen MR) is 238 cm³/mol. The van der Waals surface area contributed by atoms with Crippen LogP contribution in [0.4, 0.5) is 33.7 Å². The first-order chi connectivity index (χ1) is 25.6. The van der Waals surface area contributed by atoms with Crippen molar-refractivity contribution in [1.29, 1.82) is 0 Å². The second-order valence-corrected chi connectivity index (χ2v) is 21.8. The van der Waals surface area contributed by atoms with E-state index in [9.17, 15) is 0 Å². The highest BCUT2D eigenvalue weighted by atomic mass is 32.1. The second kappa shape index (κ2) is 11.6. The number of aromatic nitrogens is 2. The number of anilines is 6.